The number of hydrogen-bond donors (Lipinski definition) is 3. The molecule has 0 spiro atoms. The van der Waals surface area contributed by atoms with Gasteiger partial charge in [-0.3, -0.25) is 4.79 Å². The minimum Gasteiger partial charge on any atom is -0.481 e. The van der Waals surface area contributed by atoms with E-state index in [2.05, 4.69) is 15.5 Å². The number of carboxylic acids is 1. The fourth-order valence-corrected chi connectivity index (χ4v) is 2.48. The average Bonchev–Trinajstić information content (AvgIpc) is 2.89. The van der Waals surface area contributed by atoms with Gasteiger partial charge < -0.3 is 20.6 Å². The maximum atomic E-state index is 11.6. The van der Waals surface area contributed by atoms with Crippen LogP contribution in [0.25, 0.3) is 0 Å². The number of amides is 2. The number of carbonyl (C=O) groups is 2. The Morgan fingerprint density at radius 1 is 1.10 bits per heavy atom. The molecule has 1 fully saturated rings. The Morgan fingerprint density at radius 2 is 1.71 bits per heavy atom. The number of rotatable bonds is 9. The summed E-state index contributed by atoms with van der Waals surface area (Å²) in [6, 6.07) is -0.136. The molecule has 6 heteroatoms. The molecule has 1 aliphatic heterocycles. The van der Waals surface area contributed by atoms with Crippen LogP contribution in [0, 0.1) is 5.41 Å². The quantitative estimate of drug-likeness (QED) is 0.605. The van der Waals surface area contributed by atoms with E-state index >= 15 is 0 Å². The summed E-state index contributed by atoms with van der Waals surface area (Å²) in [7, 11) is 0. The van der Waals surface area contributed by atoms with Crippen molar-refractivity contribution in [1.82, 2.24) is 15.5 Å². The summed E-state index contributed by atoms with van der Waals surface area (Å²) in [5, 5.41) is 14.4. The first-order valence-electron chi connectivity index (χ1n) is 7.85. The molecule has 1 heterocycles. The Kier molecular flexibility index (Phi) is 7.50. The minimum absolute atomic E-state index is 0.0682. The first kappa shape index (κ1) is 17.8. The molecule has 21 heavy (non-hydrogen) atoms. The van der Waals surface area contributed by atoms with E-state index in [0.29, 0.717) is 19.5 Å². The van der Waals surface area contributed by atoms with Crippen LogP contribution < -0.4 is 10.6 Å². The third kappa shape index (κ3) is 8.55. The van der Waals surface area contributed by atoms with Crippen LogP contribution in [-0.4, -0.2) is 54.7 Å². The average molecular weight is 299 g/mol. The van der Waals surface area contributed by atoms with E-state index in [4.69, 9.17) is 5.11 Å². The van der Waals surface area contributed by atoms with Gasteiger partial charge in [-0.1, -0.05) is 13.8 Å². The Labute approximate surface area is 127 Å². The van der Waals surface area contributed by atoms with E-state index in [-0.39, 0.29) is 17.9 Å². The lowest BCUT2D eigenvalue weighted by molar-refractivity contribution is -0.137. The van der Waals surface area contributed by atoms with Crippen molar-refractivity contribution in [2.75, 3.05) is 32.7 Å². The highest BCUT2D eigenvalue weighted by molar-refractivity contribution is 5.73. The van der Waals surface area contributed by atoms with Crippen LogP contribution >= 0.6 is 0 Å². The molecule has 0 radical (unpaired) electrons. The summed E-state index contributed by atoms with van der Waals surface area (Å²) in [5.41, 5.74) is -0.0682. The van der Waals surface area contributed by atoms with Crippen LogP contribution in [0.15, 0.2) is 0 Å². The molecule has 0 aromatic heterocycles. The van der Waals surface area contributed by atoms with E-state index < -0.39 is 5.97 Å². The van der Waals surface area contributed by atoms with E-state index in [0.717, 1.165) is 26.1 Å². The molecule has 0 aliphatic carbocycles. The molecule has 1 saturated heterocycles. The number of carboxylic acid groups (broad SMARTS) is 1. The van der Waals surface area contributed by atoms with Crippen molar-refractivity contribution >= 4 is 12.0 Å². The molecule has 0 saturated carbocycles. The highest BCUT2D eigenvalue weighted by atomic mass is 16.4. The molecular formula is C15H29N3O3. The number of nitrogens with zero attached hydrogens (tertiary/aromatic N) is 1. The molecule has 6 nitrogen and oxygen atoms in total. The summed E-state index contributed by atoms with van der Waals surface area (Å²) in [6.07, 6.45) is 4.10. The minimum atomic E-state index is -0.768. The maximum absolute atomic E-state index is 11.6. The monoisotopic (exact) mass is 299 g/mol. The van der Waals surface area contributed by atoms with E-state index in [1.165, 1.54) is 12.8 Å². The Bertz CT molecular complexity index is 339. The van der Waals surface area contributed by atoms with Gasteiger partial charge in [0.1, 0.15) is 0 Å². The summed E-state index contributed by atoms with van der Waals surface area (Å²) >= 11 is 0. The van der Waals surface area contributed by atoms with Gasteiger partial charge in [0.2, 0.25) is 0 Å². The van der Waals surface area contributed by atoms with E-state index in [1.54, 1.807) is 0 Å². The van der Waals surface area contributed by atoms with Gasteiger partial charge in [-0.05, 0) is 44.2 Å². The smallest absolute Gasteiger partial charge is 0.314 e. The molecule has 1 rings (SSSR count). The van der Waals surface area contributed by atoms with E-state index in [1.807, 2.05) is 13.8 Å². The fourth-order valence-electron chi connectivity index (χ4n) is 2.48. The second kappa shape index (κ2) is 8.87. The molecule has 0 bridgehead atoms. The van der Waals surface area contributed by atoms with Gasteiger partial charge in [-0.15, -0.1) is 0 Å². The lowest BCUT2D eigenvalue weighted by atomic mass is 9.84. The van der Waals surface area contributed by atoms with E-state index in [9.17, 15) is 9.59 Å². The van der Waals surface area contributed by atoms with Crippen LogP contribution in [0.2, 0.25) is 0 Å². The van der Waals surface area contributed by atoms with Crippen LogP contribution in [0.5, 0.6) is 0 Å². The number of aliphatic carboxylic acids is 1. The molecule has 0 unspecified atom stereocenters. The normalized spacial score (nSPS) is 15.9. The first-order chi connectivity index (χ1) is 9.89. The highest BCUT2D eigenvalue weighted by Crippen LogP contribution is 2.25. The third-order valence-corrected chi connectivity index (χ3v) is 4.02. The van der Waals surface area contributed by atoms with Crippen molar-refractivity contribution in [1.29, 1.82) is 0 Å². The van der Waals surface area contributed by atoms with Gasteiger partial charge in [0, 0.05) is 26.1 Å². The zero-order chi connectivity index (χ0) is 15.7. The van der Waals surface area contributed by atoms with Gasteiger partial charge in [0.05, 0.1) is 0 Å². The summed E-state index contributed by atoms with van der Waals surface area (Å²) in [6.45, 7) is 8.50. The van der Waals surface area contributed by atoms with Crippen LogP contribution in [0.1, 0.15) is 46.0 Å². The largest absolute Gasteiger partial charge is 0.481 e. The second-order valence-corrected chi connectivity index (χ2v) is 6.54. The molecule has 0 aromatic carbocycles. The Morgan fingerprint density at radius 3 is 2.33 bits per heavy atom. The Hall–Kier alpha value is -1.30. The number of nitrogens with one attached hydrogen (secondary N) is 2. The summed E-state index contributed by atoms with van der Waals surface area (Å²) in [5.74, 6) is -0.768. The van der Waals surface area contributed by atoms with Crippen molar-refractivity contribution in [2.24, 2.45) is 5.41 Å². The summed E-state index contributed by atoms with van der Waals surface area (Å²) in [4.78, 5) is 24.6. The predicted molar refractivity (Wildman–Crippen MR) is 82.3 cm³/mol. The molecule has 122 valence electrons. The van der Waals surface area contributed by atoms with Gasteiger partial charge in [-0.25, -0.2) is 4.79 Å². The van der Waals surface area contributed by atoms with Gasteiger partial charge in [0.15, 0.2) is 0 Å². The van der Waals surface area contributed by atoms with Gasteiger partial charge in [0.25, 0.3) is 0 Å². The van der Waals surface area contributed by atoms with Gasteiger partial charge in [-0.2, -0.15) is 0 Å². The topological polar surface area (TPSA) is 81.7 Å². The number of urea groups is 1. The zero-order valence-corrected chi connectivity index (χ0v) is 13.3. The number of carbonyl (C=O) groups excluding carboxylic acids is 1. The predicted octanol–water partition coefficient (Wildman–Crippen LogP) is 1.66. The van der Waals surface area contributed by atoms with Gasteiger partial charge >= 0.3 is 12.0 Å². The molecule has 1 aliphatic rings. The number of hydrogen-bond acceptors (Lipinski definition) is 3. The van der Waals surface area contributed by atoms with Crippen LogP contribution in [0.4, 0.5) is 4.79 Å². The molecule has 0 aromatic rings. The SMILES string of the molecule is CC(C)(CCNC(=O)NCCN1CCCC1)CCC(=O)O. The standard InChI is InChI=1S/C15H29N3O3/c1-15(2,6-5-13(19)20)7-8-16-14(21)17-9-12-18-10-3-4-11-18/h3-12H2,1-2H3,(H,19,20)(H2,16,17,21). The lowest BCUT2D eigenvalue weighted by Crippen LogP contribution is -2.40. The van der Waals surface area contributed by atoms with Crippen molar-refractivity contribution in [3.05, 3.63) is 0 Å². The third-order valence-electron chi connectivity index (χ3n) is 4.02. The fraction of sp³-hybridized carbons (Fsp3) is 0.867. The summed E-state index contributed by atoms with van der Waals surface area (Å²) < 4.78 is 0. The van der Waals surface area contributed by atoms with Crippen LogP contribution in [-0.2, 0) is 4.79 Å². The molecule has 3 N–H and O–H groups in total. The van der Waals surface area contributed by atoms with Crippen molar-refractivity contribution < 1.29 is 14.7 Å². The van der Waals surface area contributed by atoms with Crippen molar-refractivity contribution in [3.8, 4) is 0 Å². The van der Waals surface area contributed by atoms with Crippen LogP contribution in [0.3, 0.4) is 0 Å². The van der Waals surface area contributed by atoms with Crippen molar-refractivity contribution in [3.63, 3.8) is 0 Å². The maximum Gasteiger partial charge on any atom is 0.314 e. The second-order valence-electron chi connectivity index (χ2n) is 6.54. The highest BCUT2D eigenvalue weighted by Gasteiger charge is 2.19. The lowest BCUT2D eigenvalue weighted by Gasteiger charge is -2.24. The molecule has 2 amide bonds. The number of likely N-dealkylation sites (tertiary alicyclic amines) is 1. The molecular weight excluding hydrogens is 270 g/mol. The zero-order valence-electron chi connectivity index (χ0n) is 13.3. The first-order valence-corrected chi connectivity index (χ1v) is 7.85. The van der Waals surface area contributed by atoms with Crippen molar-refractivity contribution in [2.45, 2.75) is 46.0 Å². The molecule has 0 atom stereocenters. The Balaban J connectivity index is 2.04.